The number of nitrogens with zero attached hydrogens (tertiary/aromatic N) is 2. The van der Waals surface area contributed by atoms with Crippen LogP contribution in [0.2, 0.25) is 0 Å². The lowest BCUT2D eigenvalue weighted by molar-refractivity contribution is -0.139. The van der Waals surface area contributed by atoms with Crippen LogP contribution in [-0.4, -0.2) is 60.9 Å². The van der Waals surface area contributed by atoms with E-state index in [1.165, 1.54) is 24.1 Å². The average Bonchev–Trinajstić information content (AvgIpc) is 3.03. The molecule has 0 bridgehead atoms. The summed E-state index contributed by atoms with van der Waals surface area (Å²) in [5, 5.41) is 11.0. The van der Waals surface area contributed by atoms with Crippen molar-refractivity contribution in [2.45, 2.75) is 25.8 Å². The number of ketones is 1. The standard InChI is InChI=1S/C25H29FN2O4/c1-5-16-7-9-17(10-8-16)22-21(23(29)18-11-12-20(32-4)19(26)15-18)24(30)25(31)28(22)14-6-13-27(2)3/h7-12,15,22,29H,5-6,13-14H2,1-4H3/t22-/m1/s1. The number of methoxy groups -OCH3 is 1. The lowest BCUT2D eigenvalue weighted by atomic mass is 9.94. The first-order chi connectivity index (χ1) is 15.3. The Morgan fingerprint density at radius 1 is 1.16 bits per heavy atom. The van der Waals surface area contributed by atoms with Crippen molar-refractivity contribution in [3.05, 3.63) is 70.5 Å². The number of Topliss-reactive ketones (excluding diaryl/α,β-unsaturated/α-hetero) is 1. The Morgan fingerprint density at radius 2 is 1.84 bits per heavy atom. The van der Waals surface area contributed by atoms with Gasteiger partial charge in [0.1, 0.15) is 5.76 Å². The number of aliphatic hydroxyl groups excluding tert-OH is 1. The number of likely N-dealkylation sites (tertiary alicyclic amines) is 1. The summed E-state index contributed by atoms with van der Waals surface area (Å²) in [5.74, 6) is -2.47. The van der Waals surface area contributed by atoms with Gasteiger partial charge in [0.25, 0.3) is 11.7 Å². The second-order valence-electron chi connectivity index (χ2n) is 8.09. The van der Waals surface area contributed by atoms with Crippen LogP contribution in [0.25, 0.3) is 5.76 Å². The van der Waals surface area contributed by atoms with Crippen LogP contribution in [0.3, 0.4) is 0 Å². The van der Waals surface area contributed by atoms with Crippen molar-refractivity contribution < 1.29 is 23.8 Å². The molecular formula is C25H29FN2O4. The Balaban J connectivity index is 2.10. The van der Waals surface area contributed by atoms with Gasteiger partial charge in [-0.2, -0.15) is 0 Å². The summed E-state index contributed by atoms with van der Waals surface area (Å²) in [6, 6.07) is 10.8. The molecule has 1 aliphatic heterocycles. The number of rotatable bonds is 8. The number of hydrogen-bond donors (Lipinski definition) is 1. The zero-order chi connectivity index (χ0) is 23.4. The third-order valence-corrected chi connectivity index (χ3v) is 5.67. The summed E-state index contributed by atoms with van der Waals surface area (Å²) < 4.78 is 19.2. The molecule has 0 aromatic heterocycles. The van der Waals surface area contributed by atoms with E-state index in [1.807, 2.05) is 50.2 Å². The van der Waals surface area contributed by atoms with Crippen LogP contribution in [0, 0.1) is 5.82 Å². The second-order valence-corrected chi connectivity index (χ2v) is 8.09. The Hall–Kier alpha value is -3.19. The van der Waals surface area contributed by atoms with Gasteiger partial charge < -0.3 is 19.6 Å². The first kappa shape index (κ1) is 23.5. The highest BCUT2D eigenvalue weighted by Gasteiger charge is 2.45. The van der Waals surface area contributed by atoms with Crippen LogP contribution in [0.4, 0.5) is 4.39 Å². The van der Waals surface area contributed by atoms with Gasteiger partial charge in [-0.1, -0.05) is 31.2 Å². The smallest absolute Gasteiger partial charge is 0.295 e. The van der Waals surface area contributed by atoms with E-state index in [0.29, 0.717) is 13.0 Å². The molecule has 2 aromatic carbocycles. The number of hydrogen-bond acceptors (Lipinski definition) is 5. The predicted octanol–water partition coefficient (Wildman–Crippen LogP) is 3.77. The molecule has 0 radical (unpaired) electrons. The van der Waals surface area contributed by atoms with Crippen LogP contribution >= 0.6 is 0 Å². The Bertz CT molecular complexity index is 1030. The highest BCUT2D eigenvalue weighted by molar-refractivity contribution is 6.46. The summed E-state index contributed by atoms with van der Waals surface area (Å²) in [6.07, 6.45) is 1.52. The Kier molecular flexibility index (Phi) is 7.30. The van der Waals surface area contributed by atoms with E-state index in [-0.39, 0.29) is 16.9 Å². The lowest BCUT2D eigenvalue weighted by Gasteiger charge is -2.26. The largest absolute Gasteiger partial charge is 0.507 e. The first-order valence-corrected chi connectivity index (χ1v) is 10.6. The summed E-state index contributed by atoms with van der Waals surface area (Å²) >= 11 is 0. The van der Waals surface area contributed by atoms with Gasteiger partial charge in [0.15, 0.2) is 11.6 Å². The second kappa shape index (κ2) is 9.96. The first-order valence-electron chi connectivity index (χ1n) is 10.6. The maximum atomic E-state index is 14.3. The molecule has 6 nitrogen and oxygen atoms in total. The molecule has 1 heterocycles. The van der Waals surface area contributed by atoms with E-state index in [1.54, 1.807) is 0 Å². The highest BCUT2D eigenvalue weighted by atomic mass is 19.1. The van der Waals surface area contributed by atoms with E-state index in [0.717, 1.165) is 30.2 Å². The molecule has 170 valence electrons. The molecule has 0 aliphatic carbocycles. The molecule has 1 amide bonds. The fraction of sp³-hybridized carbons (Fsp3) is 0.360. The fourth-order valence-electron chi connectivity index (χ4n) is 3.92. The van der Waals surface area contributed by atoms with Gasteiger partial charge in [0.05, 0.1) is 18.7 Å². The molecule has 1 N–H and O–H groups in total. The number of halogens is 1. The minimum atomic E-state index is -0.770. The van der Waals surface area contributed by atoms with Gasteiger partial charge in [-0.15, -0.1) is 0 Å². The van der Waals surface area contributed by atoms with Gasteiger partial charge in [0, 0.05) is 12.1 Å². The van der Waals surface area contributed by atoms with Crippen molar-refractivity contribution in [1.82, 2.24) is 9.80 Å². The predicted molar refractivity (Wildman–Crippen MR) is 121 cm³/mol. The molecule has 1 saturated heterocycles. The number of aryl methyl sites for hydroxylation is 1. The number of benzene rings is 2. The Morgan fingerprint density at radius 3 is 2.41 bits per heavy atom. The lowest BCUT2D eigenvalue weighted by Crippen LogP contribution is -2.32. The van der Waals surface area contributed by atoms with Crippen molar-refractivity contribution in [2.75, 3.05) is 34.3 Å². The third-order valence-electron chi connectivity index (χ3n) is 5.67. The van der Waals surface area contributed by atoms with Gasteiger partial charge in [-0.3, -0.25) is 9.59 Å². The fourth-order valence-corrected chi connectivity index (χ4v) is 3.92. The molecular weight excluding hydrogens is 411 g/mol. The molecule has 1 atom stereocenters. The minimum Gasteiger partial charge on any atom is -0.507 e. The maximum absolute atomic E-state index is 14.3. The normalized spacial score (nSPS) is 17.9. The molecule has 32 heavy (non-hydrogen) atoms. The molecule has 1 fully saturated rings. The van der Waals surface area contributed by atoms with Gasteiger partial charge in [0.2, 0.25) is 0 Å². The SMILES string of the molecule is CCc1ccc([C@@H]2C(=C(O)c3ccc(OC)c(F)c3)C(=O)C(=O)N2CCCN(C)C)cc1. The van der Waals surface area contributed by atoms with E-state index < -0.39 is 29.3 Å². The van der Waals surface area contributed by atoms with Gasteiger partial charge in [-0.05, 0) is 62.8 Å². The van der Waals surface area contributed by atoms with Crippen molar-refractivity contribution in [3.8, 4) is 5.75 Å². The van der Waals surface area contributed by atoms with Crippen LogP contribution in [0.5, 0.6) is 5.75 Å². The van der Waals surface area contributed by atoms with Crippen LogP contribution in [-0.2, 0) is 16.0 Å². The topological polar surface area (TPSA) is 70.1 Å². The molecule has 0 spiro atoms. The van der Waals surface area contributed by atoms with Gasteiger partial charge >= 0.3 is 0 Å². The Labute approximate surface area is 187 Å². The van der Waals surface area contributed by atoms with Gasteiger partial charge in [-0.25, -0.2) is 4.39 Å². The van der Waals surface area contributed by atoms with E-state index in [4.69, 9.17) is 4.74 Å². The average molecular weight is 441 g/mol. The van der Waals surface area contributed by atoms with Crippen LogP contribution < -0.4 is 4.74 Å². The third kappa shape index (κ3) is 4.67. The summed E-state index contributed by atoms with van der Waals surface area (Å²) in [6.45, 7) is 3.14. The number of carbonyl (C=O) groups excluding carboxylic acids is 2. The van der Waals surface area contributed by atoms with Crippen LogP contribution in [0.1, 0.15) is 36.1 Å². The molecule has 1 aliphatic rings. The zero-order valence-electron chi connectivity index (χ0n) is 18.9. The van der Waals surface area contributed by atoms with E-state index in [2.05, 4.69) is 0 Å². The number of carbonyl (C=O) groups is 2. The van der Waals surface area contributed by atoms with E-state index in [9.17, 15) is 19.1 Å². The molecule has 7 heteroatoms. The van der Waals surface area contributed by atoms with Crippen molar-refractivity contribution >= 4 is 17.4 Å². The van der Waals surface area contributed by atoms with E-state index >= 15 is 0 Å². The zero-order valence-corrected chi connectivity index (χ0v) is 18.9. The molecule has 0 saturated carbocycles. The van der Waals surface area contributed by atoms with Crippen molar-refractivity contribution in [2.24, 2.45) is 0 Å². The number of ether oxygens (including phenoxy) is 1. The quantitative estimate of drug-likeness (QED) is 0.384. The highest BCUT2D eigenvalue weighted by Crippen LogP contribution is 2.40. The minimum absolute atomic E-state index is 0.0254. The molecule has 3 rings (SSSR count). The number of aliphatic hydroxyl groups is 1. The monoisotopic (exact) mass is 440 g/mol. The summed E-state index contributed by atoms with van der Waals surface area (Å²) in [4.78, 5) is 29.4. The molecule has 2 aromatic rings. The van der Waals surface area contributed by atoms with Crippen molar-refractivity contribution in [1.29, 1.82) is 0 Å². The van der Waals surface area contributed by atoms with Crippen LogP contribution in [0.15, 0.2) is 48.0 Å². The maximum Gasteiger partial charge on any atom is 0.295 e. The molecule has 0 unspecified atom stereocenters. The summed E-state index contributed by atoms with van der Waals surface area (Å²) in [7, 11) is 5.22. The van der Waals surface area contributed by atoms with Crippen molar-refractivity contribution in [3.63, 3.8) is 0 Å². The summed E-state index contributed by atoms with van der Waals surface area (Å²) in [5.41, 5.74) is 1.93. The number of amides is 1.